The van der Waals surface area contributed by atoms with Gasteiger partial charge in [-0.25, -0.2) is 9.97 Å². The Morgan fingerprint density at radius 2 is 2.25 bits per heavy atom. The van der Waals surface area contributed by atoms with Gasteiger partial charge in [0.1, 0.15) is 18.0 Å². The van der Waals surface area contributed by atoms with Crippen LogP contribution in [0.4, 0.5) is 11.6 Å². The lowest BCUT2D eigenvalue weighted by atomic mass is 9.87. The fourth-order valence-corrected chi connectivity index (χ4v) is 2.82. The largest absolute Gasteiger partial charge is 0.370 e. The van der Waals surface area contributed by atoms with Crippen molar-refractivity contribution in [3.63, 3.8) is 0 Å². The summed E-state index contributed by atoms with van der Waals surface area (Å²) in [5, 5.41) is 3.45. The Balaban J connectivity index is 2.10. The van der Waals surface area contributed by atoms with E-state index in [0.717, 1.165) is 24.7 Å². The van der Waals surface area contributed by atoms with Gasteiger partial charge in [-0.3, -0.25) is 0 Å². The molecule has 1 aromatic heterocycles. The van der Waals surface area contributed by atoms with Crippen LogP contribution in [0.3, 0.4) is 0 Å². The smallest absolute Gasteiger partial charge is 0.137 e. The highest BCUT2D eigenvalue weighted by atomic mass is 15.2. The van der Waals surface area contributed by atoms with Gasteiger partial charge in [0.2, 0.25) is 0 Å². The van der Waals surface area contributed by atoms with Crippen molar-refractivity contribution in [2.75, 3.05) is 30.4 Å². The molecule has 0 radical (unpaired) electrons. The molecular weight excluding hydrogens is 200 g/mol. The summed E-state index contributed by atoms with van der Waals surface area (Å²) in [5.74, 6) is 2.87. The molecule has 1 unspecified atom stereocenters. The van der Waals surface area contributed by atoms with Crippen molar-refractivity contribution >= 4 is 11.6 Å². The second-order valence-electron chi connectivity index (χ2n) is 4.79. The van der Waals surface area contributed by atoms with Crippen LogP contribution in [0.2, 0.25) is 0 Å². The lowest BCUT2D eigenvalue weighted by molar-refractivity contribution is 0.514. The van der Waals surface area contributed by atoms with Gasteiger partial charge in [0.05, 0.1) is 0 Å². The Morgan fingerprint density at radius 3 is 3.19 bits per heavy atom. The van der Waals surface area contributed by atoms with Crippen molar-refractivity contribution in [2.24, 2.45) is 0 Å². The molecule has 4 nitrogen and oxygen atoms in total. The molecule has 3 rings (SSSR count). The molecule has 86 valence electrons. The molecule has 0 spiro atoms. The van der Waals surface area contributed by atoms with Crippen LogP contribution in [-0.2, 0) is 0 Å². The zero-order valence-corrected chi connectivity index (χ0v) is 9.74. The van der Waals surface area contributed by atoms with Crippen molar-refractivity contribution in [3.8, 4) is 0 Å². The molecule has 0 bridgehead atoms. The number of nitrogens with one attached hydrogen (secondary N) is 1. The van der Waals surface area contributed by atoms with Crippen molar-refractivity contribution in [1.29, 1.82) is 0 Å². The first-order valence-corrected chi connectivity index (χ1v) is 6.16. The maximum Gasteiger partial charge on any atom is 0.137 e. The fraction of sp³-hybridized carbons (Fsp3) is 0.667. The van der Waals surface area contributed by atoms with E-state index in [1.165, 1.54) is 31.2 Å². The van der Waals surface area contributed by atoms with Gasteiger partial charge in [-0.1, -0.05) is 6.42 Å². The molecule has 0 saturated heterocycles. The summed E-state index contributed by atoms with van der Waals surface area (Å²) in [7, 11) is 2.12. The van der Waals surface area contributed by atoms with Gasteiger partial charge in [-0.05, 0) is 25.2 Å². The Bertz CT molecular complexity index is 391. The van der Waals surface area contributed by atoms with Crippen LogP contribution in [0.25, 0.3) is 0 Å². The van der Waals surface area contributed by atoms with Crippen molar-refractivity contribution in [1.82, 2.24) is 9.97 Å². The zero-order chi connectivity index (χ0) is 11.0. The summed E-state index contributed by atoms with van der Waals surface area (Å²) in [6.45, 7) is 2.16. The normalized spacial score (nSPS) is 24.1. The molecule has 4 heteroatoms. The average molecular weight is 218 g/mol. The van der Waals surface area contributed by atoms with Gasteiger partial charge >= 0.3 is 0 Å². The van der Waals surface area contributed by atoms with E-state index >= 15 is 0 Å². The topological polar surface area (TPSA) is 41.0 Å². The summed E-state index contributed by atoms with van der Waals surface area (Å²) >= 11 is 0. The number of anilines is 2. The minimum atomic E-state index is 0.662. The van der Waals surface area contributed by atoms with E-state index in [1.807, 2.05) is 0 Å². The predicted octanol–water partition coefficient (Wildman–Crippen LogP) is 2.00. The molecule has 16 heavy (non-hydrogen) atoms. The van der Waals surface area contributed by atoms with Crippen molar-refractivity contribution in [3.05, 3.63) is 11.9 Å². The second-order valence-corrected chi connectivity index (χ2v) is 4.79. The lowest BCUT2D eigenvalue weighted by Crippen LogP contribution is -2.30. The molecular formula is C12H18N4. The minimum Gasteiger partial charge on any atom is -0.370 e. The second kappa shape index (κ2) is 3.92. The van der Waals surface area contributed by atoms with E-state index in [-0.39, 0.29) is 0 Å². The van der Waals surface area contributed by atoms with E-state index in [2.05, 4.69) is 27.2 Å². The molecule has 3 heterocycles. The molecule has 2 aliphatic heterocycles. The van der Waals surface area contributed by atoms with Crippen LogP contribution in [-0.4, -0.2) is 30.1 Å². The molecule has 0 saturated carbocycles. The third-order valence-corrected chi connectivity index (χ3v) is 3.72. The average Bonchev–Trinajstić information content (AvgIpc) is 2.28. The van der Waals surface area contributed by atoms with Crippen LogP contribution in [0, 0.1) is 0 Å². The van der Waals surface area contributed by atoms with Crippen LogP contribution < -0.4 is 10.2 Å². The molecule has 1 N–H and O–H groups in total. The monoisotopic (exact) mass is 218 g/mol. The summed E-state index contributed by atoms with van der Waals surface area (Å²) < 4.78 is 0. The number of aromatic nitrogens is 2. The minimum absolute atomic E-state index is 0.662. The van der Waals surface area contributed by atoms with Crippen molar-refractivity contribution < 1.29 is 0 Å². The van der Waals surface area contributed by atoms with Gasteiger partial charge in [-0.2, -0.15) is 0 Å². The van der Waals surface area contributed by atoms with Gasteiger partial charge in [-0.15, -0.1) is 0 Å². The van der Waals surface area contributed by atoms with Crippen LogP contribution in [0.15, 0.2) is 6.33 Å². The first kappa shape index (κ1) is 9.87. The van der Waals surface area contributed by atoms with E-state index in [9.17, 15) is 0 Å². The quantitative estimate of drug-likeness (QED) is 0.723. The summed E-state index contributed by atoms with van der Waals surface area (Å²) in [6.07, 6.45) is 6.79. The highest BCUT2D eigenvalue weighted by Crippen LogP contribution is 2.40. The number of hydrogen-bond acceptors (Lipinski definition) is 4. The lowest BCUT2D eigenvalue weighted by Gasteiger charge is -2.34. The summed E-state index contributed by atoms with van der Waals surface area (Å²) in [5.41, 5.74) is 1.36. The molecule has 2 aliphatic rings. The highest BCUT2D eigenvalue weighted by Gasteiger charge is 2.28. The van der Waals surface area contributed by atoms with Crippen LogP contribution in [0.5, 0.6) is 0 Å². The molecule has 0 aliphatic carbocycles. The first-order valence-electron chi connectivity index (χ1n) is 6.16. The molecule has 0 fully saturated rings. The number of rotatable bonds is 0. The zero-order valence-electron chi connectivity index (χ0n) is 9.74. The molecule has 1 aromatic rings. The van der Waals surface area contributed by atoms with Crippen molar-refractivity contribution in [2.45, 2.75) is 31.6 Å². The third-order valence-electron chi connectivity index (χ3n) is 3.72. The maximum atomic E-state index is 4.44. The standard InChI is InChI=1S/C12H18N4/c1-16-7-5-9-4-2-3-6-13-11-10(9)12(16)15-8-14-11/h8-9H,2-7H2,1H3,(H,13,14,15). The van der Waals surface area contributed by atoms with Gasteiger partial charge < -0.3 is 10.2 Å². The Kier molecular flexibility index (Phi) is 2.42. The van der Waals surface area contributed by atoms with E-state index in [0.29, 0.717) is 5.92 Å². The Hall–Kier alpha value is -1.32. The van der Waals surface area contributed by atoms with Gasteiger partial charge in [0.25, 0.3) is 0 Å². The Morgan fingerprint density at radius 1 is 1.31 bits per heavy atom. The van der Waals surface area contributed by atoms with Crippen LogP contribution in [0.1, 0.15) is 37.2 Å². The Labute approximate surface area is 96.1 Å². The van der Waals surface area contributed by atoms with Crippen LogP contribution >= 0.6 is 0 Å². The van der Waals surface area contributed by atoms with Gasteiger partial charge in [0, 0.05) is 25.7 Å². The first-order chi connectivity index (χ1) is 7.86. The SMILES string of the molecule is CN1CCC2CCCCNc3ncnc1c32. The summed E-state index contributed by atoms with van der Waals surface area (Å²) in [4.78, 5) is 11.1. The highest BCUT2D eigenvalue weighted by molar-refractivity contribution is 5.62. The summed E-state index contributed by atoms with van der Waals surface area (Å²) in [6, 6.07) is 0. The molecule has 0 amide bonds. The fourth-order valence-electron chi connectivity index (χ4n) is 2.82. The number of hydrogen-bond donors (Lipinski definition) is 1. The van der Waals surface area contributed by atoms with Gasteiger partial charge in [0.15, 0.2) is 0 Å². The van der Waals surface area contributed by atoms with E-state index in [1.54, 1.807) is 6.33 Å². The maximum absolute atomic E-state index is 4.44. The number of nitrogens with zero attached hydrogens (tertiary/aromatic N) is 3. The van der Waals surface area contributed by atoms with E-state index in [4.69, 9.17) is 0 Å². The predicted molar refractivity (Wildman–Crippen MR) is 65.0 cm³/mol. The molecule has 0 aromatic carbocycles. The third kappa shape index (κ3) is 1.52. The van der Waals surface area contributed by atoms with E-state index < -0.39 is 0 Å². The molecule has 1 atom stereocenters.